The molecule has 2 heterocycles. The predicted octanol–water partition coefficient (Wildman–Crippen LogP) is 5.07. The summed E-state index contributed by atoms with van der Waals surface area (Å²) in [7, 11) is 1.74. The van der Waals surface area contributed by atoms with E-state index in [-0.39, 0.29) is 6.10 Å². The second kappa shape index (κ2) is 5.36. The van der Waals surface area contributed by atoms with E-state index < -0.39 is 5.79 Å². The third-order valence-electron chi connectivity index (χ3n) is 5.07. The first-order chi connectivity index (χ1) is 12.3. The monoisotopic (exact) mass is 330 g/mol. The summed E-state index contributed by atoms with van der Waals surface area (Å²) in [5.41, 5.74) is 4.36. The van der Waals surface area contributed by atoms with Gasteiger partial charge in [-0.15, -0.1) is 0 Å². The van der Waals surface area contributed by atoms with Gasteiger partial charge in [0.1, 0.15) is 11.5 Å². The zero-order valence-corrected chi connectivity index (χ0v) is 13.9. The number of fused-ring (bicyclic) bond motifs is 5. The lowest BCUT2D eigenvalue weighted by Crippen LogP contribution is -2.45. The Balaban J connectivity index is 1.73. The van der Waals surface area contributed by atoms with Gasteiger partial charge >= 0.3 is 0 Å². The molecule has 0 N–H and O–H groups in total. The van der Waals surface area contributed by atoms with E-state index in [9.17, 15) is 0 Å². The van der Waals surface area contributed by atoms with E-state index in [2.05, 4.69) is 30.3 Å². The highest BCUT2D eigenvalue weighted by Crippen LogP contribution is 2.53. The van der Waals surface area contributed by atoms with Crippen molar-refractivity contribution in [3.05, 3.63) is 83.9 Å². The second-order valence-electron chi connectivity index (χ2n) is 6.47. The highest BCUT2D eigenvalue weighted by molar-refractivity contribution is 5.76. The number of hydrogen-bond donors (Lipinski definition) is 0. The number of methoxy groups -OCH3 is 1. The van der Waals surface area contributed by atoms with Gasteiger partial charge in [-0.25, -0.2) is 0 Å². The van der Waals surface area contributed by atoms with Gasteiger partial charge in [-0.1, -0.05) is 60.7 Å². The van der Waals surface area contributed by atoms with E-state index in [4.69, 9.17) is 14.2 Å². The van der Waals surface area contributed by atoms with Crippen LogP contribution in [-0.2, 0) is 10.5 Å². The number of hydrogen-bond acceptors (Lipinski definition) is 3. The molecule has 1 spiro atoms. The predicted molar refractivity (Wildman–Crippen MR) is 95.6 cm³/mol. The van der Waals surface area contributed by atoms with Crippen LogP contribution >= 0.6 is 0 Å². The van der Waals surface area contributed by atoms with E-state index in [0.717, 1.165) is 33.8 Å². The average molecular weight is 330 g/mol. The van der Waals surface area contributed by atoms with Gasteiger partial charge in [0.15, 0.2) is 0 Å². The number of para-hydroxylation sites is 2. The summed E-state index contributed by atoms with van der Waals surface area (Å²) in [6, 6.07) is 24.4. The molecule has 124 valence electrons. The van der Waals surface area contributed by atoms with Gasteiger partial charge in [0.25, 0.3) is 5.79 Å². The van der Waals surface area contributed by atoms with Gasteiger partial charge in [0.05, 0.1) is 12.5 Å². The highest BCUT2D eigenvalue weighted by Gasteiger charge is 2.48. The largest absolute Gasteiger partial charge is 0.448 e. The highest BCUT2D eigenvalue weighted by atomic mass is 16.7. The summed E-state index contributed by atoms with van der Waals surface area (Å²) in [6.45, 7) is 0. The van der Waals surface area contributed by atoms with Crippen molar-refractivity contribution in [1.29, 1.82) is 0 Å². The van der Waals surface area contributed by atoms with Crippen molar-refractivity contribution < 1.29 is 14.2 Å². The van der Waals surface area contributed by atoms with E-state index in [1.54, 1.807) is 7.11 Å². The van der Waals surface area contributed by atoms with E-state index in [1.165, 1.54) is 0 Å². The molecule has 0 bridgehead atoms. The first kappa shape index (κ1) is 14.6. The van der Waals surface area contributed by atoms with Gasteiger partial charge < -0.3 is 14.2 Å². The summed E-state index contributed by atoms with van der Waals surface area (Å²) < 4.78 is 18.7. The molecule has 0 saturated heterocycles. The van der Waals surface area contributed by atoms with E-state index >= 15 is 0 Å². The summed E-state index contributed by atoms with van der Waals surface area (Å²) in [4.78, 5) is 0. The molecule has 25 heavy (non-hydrogen) atoms. The normalized spacial score (nSPS) is 23.0. The standard InChI is InChI=1S/C22H18O3/c1-23-21-14-22(25-20-13-7-4-10-17(20)21)18-11-5-2-8-15(18)16-9-3-6-12-19(16)24-22/h2-13,21H,14H2,1H3. The van der Waals surface area contributed by atoms with Crippen LogP contribution in [0.15, 0.2) is 72.8 Å². The maximum absolute atomic E-state index is 6.47. The minimum atomic E-state index is -0.875. The van der Waals surface area contributed by atoms with Gasteiger partial charge in [-0.2, -0.15) is 0 Å². The van der Waals surface area contributed by atoms with Crippen molar-refractivity contribution in [2.45, 2.75) is 18.3 Å². The van der Waals surface area contributed by atoms with E-state index in [0.29, 0.717) is 6.42 Å². The molecule has 0 fully saturated rings. The second-order valence-corrected chi connectivity index (χ2v) is 6.47. The van der Waals surface area contributed by atoms with Gasteiger partial charge in [-0.3, -0.25) is 0 Å². The Morgan fingerprint density at radius 3 is 2.28 bits per heavy atom. The maximum atomic E-state index is 6.47. The Hall–Kier alpha value is -2.78. The molecule has 2 unspecified atom stereocenters. The SMILES string of the molecule is COC1CC2(Oc3ccccc3-c3ccccc32)Oc2ccccc21. The van der Waals surface area contributed by atoms with Crippen molar-refractivity contribution in [3.8, 4) is 22.6 Å². The molecule has 0 saturated carbocycles. The van der Waals surface area contributed by atoms with Crippen LogP contribution in [0.25, 0.3) is 11.1 Å². The minimum Gasteiger partial charge on any atom is -0.448 e. The molecule has 2 aliphatic heterocycles. The summed E-state index contributed by atoms with van der Waals surface area (Å²) >= 11 is 0. The van der Waals surface area contributed by atoms with Crippen molar-refractivity contribution in [2.24, 2.45) is 0 Å². The summed E-state index contributed by atoms with van der Waals surface area (Å²) in [5.74, 6) is 0.783. The molecule has 2 atom stereocenters. The Kier molecular flexibility index (Phi) is 3.12. The van der Waals surface area contributed by atoms with Gasteiger partial charge in [0, 0.05) is 23.8 Å². The fraction of sp³-hybridized carbons (Fsp3) is 0.182. The van der Waals surface area contributed by atoms with Crippen LogP contribution in [-0.4, -0.2) is 7.11 Å². The van der Waals surface area contributed by atoms with Crippen LogP contribution < -0.4 is 9.47 Å². The fourth-order valence-corrected chi connectivity index (χ4v) is 3.91. The molecule has 0 amide bonds. The first-order valence-electron chi connectivity index (χ1n) is 8.49. The molecule has 5 rings (SSSR count). The van der Waals surface area contributed by atoms with Crippen molar-refractivity contribution in [1.82, 2.24) is 0 Å². The molecule has 3 aromatic rings. The van der Waals surface area contributed by atoms with E-state index in [1.807, 2.05) is 42.5 Å². The lowest BCUT2D eigenvalue weighted by atomic mass is 9.85. The van der Waals surface area contributed by atoms with Crippen molar-refractivity contribution in [2.75, 3.05) is 7.11 Å². The van der Waals surface area contributed by atoms with Crippen LogP contribution in [0.2, 0.25) is 0 Å². The smallest absolute Gasteiger partial charge is 0.281 e. The molecule has 3 heteroatoms. The van der Waals surface area contributed by atoms with Crippen LogP contribution in [0.3, 0.4) is 0 Å². The minimum absolute atomic E-state index is 0.0803. The number of rotatable bonds is 1. The molecule has 0 aliphatic carbocycles. The fourth-order valence-electron chi connectivity index (χ4n) is 3.91. The topological polar surface area (TPSA) is 27.7 Å². The summed E-state index contributed by atoms with van der Waals surface area (Å²) in [5, 5.41) is 0. The van der Waals surface area contributed by atoms with Crippen molar-refractivity contribution in [3.63, 3.8) is 0 Å². The average Bonchev–Trinajstić information content (AvgIpc) is 2.67. The van der Waals surface area contributed by atoms with Gasteiger partial charge in [-0.05, 0) is 17.7 Å². The Labute approximate surface area is 146 Å². The zero-order valence-electron chi connectivity index (χ0n) is 13.9. The lowest BCUT2D eigenvalue weighted by Gasteiger charge is -2.44. The quantitative estimate of drug-likeness (QED) is 0.623. The van der Waals surface area contributed by atoms with Crippen LogP contribution in [0.4, 0.5) is 0 Å². The molecule has 3 aromatic carbocycles. The molecular formula is C22H18O3. The maximum Gasteiger partial charge on any atom is 0.281 e. The molecule has 0 aromatic heterocycles. The third-order valence-corrected chi connectivity index (χ3v) is 5.07. The first-order valence-corrected chi connectivity index (χ1v) is 8.49. The Morgan fingerprint density at radius 1 is 0.800 bits per heavy atom. The summed E-state index contributed by atoms with van der Waals surface area (Å²) in [6.07, 6.45) is 0.523. The number of ether oxygens (including phenoxy) is 3. The number of benzene rings is 3. The van der Waals surface area contributed by atoms with Crippen molar-refractivity contribution >= 4 is 0 Å². The lowest BCUT2D eigenvalue weighted by molar-refractivity contribution is -0.166. The van der Waals surface area contributed by atoms with Crippen LogP contribution in [0.1, 0.15) is 23.7 Å². The molecule has 0 radical (unpaired) electrons. The molecular weight excluding hydrogens is 312 g/mol. The molecule has 2 aliphatic rings. The zero-order chi connectivity index (χ0) is 16.9. The van der Waals surface area contributed by atoms with Gasteiger partial charge in [0.2, 0.25) is 0 Å². The van der Waals surface area contributed by atoms with Crippen LogP contribution in [0.5, 0.6) is 11.5 Å². The third kappa shape index (κ3) is 2.09. The van der Waals surface area contributed by atoms with Crippen LogP contribution in [0, 0.1) is 0 Å². The molecule has 3 nitrogen and oxygen atoms in total. The Bertz CT molecular complexity index is 949. The Morgan fingerprint density at radius 2 is 1.44 bits per heavy atom.